The lowest BCUT2D eigenvalue weighted by Crippen LogP contribution is -2.24. The Bertz CT molecular complexity index is 348. The van der Waals surface area contributed by atoms with Gasteiger partial charge in [0.2, 0.25) is 5.91 Å². The standard InChI is InChI=1S/C10H17N3OS/c1-6(12-5-4-9(11)14)10-7(2)13-8(3)15-10/h6,12H,4-5H2,1-3H3,(H2,11,14). The Labute approximate surface area is 93.9 Å². The molecule has 0 aliphatic rings. The van der Waals surface area contributed by atoms with Gasteiger partial charge in [-0.1, -0.05) is 0 Å². The fraction of sp³-hybridized carbons (Fsp3) is 0.600. The second-order valence-electron chi connectivity index (χ2n) is 3.57. The quantitative estimate of drug-likeness (QED) is 0.796. The number of carbonyl (C=O) groups excluding carboxylic acids is 1. The molecule has 1 atom stereocenters. The summed E-state index contributed by atoms with van der Waals surface area (Å²) in [6, 6.07) is 0.232. The molecule has 0 saturated heterocycles. The van der Waals surface area contributed by atoms with Crippen LogP contribution in [0.1, 0.15) is 35.0 Å². The number of rotatable bonds is 5. The third-order valence-corrected chi connectivity index (χ3v) is 3.41. The fourth-order valence-electron chi connectivity index (χ4n) is 1.45. The van der Waals surface area contributed by atoms with Crippen LogP contribution >= 0.6 is 11.3 Å². The lowest BCUT2D eigenvalue weighted by molar-refractivity contribution is -0.117. The molecule has 0 aliphatic heterocycles. The molecule has 0 saturated carbocycles. The highest BCUT2D eigenvalue weighted by atomic mass is 32.1. The first-order chi connectivity index (χ1) is 7.00. The maximum Gasteiger partial charge on any atom is 0.218 e. The van der Waals surface area contributed by atoms with Crippen LogP contribution in [0.15, 0.2) is 0 Å². The van der Waals surface area contributed by atoms with Gasteiger partial charge < -0.3 is 11.1 Å². The SMILES string of the molecule is Cc1nc(C)c(C(C)NCCC(N)=O)s1. The molecule has 1 rings (SSSR count). The summed E-state index contributed by atoms with van der Waals surface area (Å²) in [6.07, 6.45) is 0.376. The van der Waals surface area contributed by atoms with Crippen LogP contribution in [0.2, 0.25) is 0 Å². The van der Waals surface area contributed by atoms with Gasteiger partial charge in [-0.3, -0.25) is 4.79 Å². The Morgan fingerprint density at radius 1 is 1.60 bits per heavy atom. The van der Waals surface area contributed by atoms with E-state index in [0.717, 1.165) is 10.7 Å². The van der Waals surface area contributed by atoms with E-state index in [2.05, 4.69) is 17.2 Å². The van der Waals surface area contributed by atoms with Crippen LogP contribution in [-0.2, 0) is 4.79 Å². The summed E-state index contributed by atoms with van der Waals surface area (Å²) in [6.45, 7) is 6.69. The highest BCUT2D eigenvalue weighted by Gasteiger charge is 2.12. The minimum atomic E-state index is -0.271. The average molecular weight is 227 g/mol. The molecule has 1 unspecified atom stereocenters. The van der Waals surface area contributed by atoms with Gasteiger partial charge in [-0.2, -0.15) is 0 Å². The molecule has 0 aromatic carbocycles. The zero-order chi connectivity index (χ0) is 11.4. The van der Waals surface area contributed by atoms with Gasteiger partial charge in [0.25, 0.3) is 0 Å². The van der Waals surface area contributed by atoms with Gasteiger partial charge in [0.1, 0.15) is 0 Å². The first kappa shape index (κ1) is 12.1. The monoisotopic (exact) mass is 227 g/mol. The topological polar surface area (TPSA) is 68.0 Å². The molecule has 1 heterocycles. The smallest absolute Gasteiger partial charge is 0.218 e. The zero-order valence-electron chi connectivity index (χ0n) is 9.33. The number of aromatic nitrogens is 1. The molecule has 1 aromatic heterocycles. The van der Waals surface area contributed by atoms with Crippen molar-refractivity contribution in [1.82, 2.24) is 10.3 Å². The normalized spacial score (nSPS) is 12.7. The van der Waals surface area contributed by atoms with E-state index in [0.29, 0.717) is 13.0 Å². The van der Waals surface area contributed by atoms with E-state index < -0.39 is 0 Å². The molecule has 5 heteroatoms. The van der Waals surface area contributed by atoms with Crippen molar-refractivity contribution in [2.45, 2.75) is 33.2 Å². The summed E-state index contributed by atoms with van der Waals surface area (Å²) in [5.74, 6) is -0.271. The van der Waals surface area contributed by atoms with E-state index >= 15 is 0 Å². The van der Waals surface area contributed by atoms with Crippen molar-refractivity contribution in [3.63, 3.8) is 0 Å². The molecule has 3 N–H and O–H groups in total. The number of nitrogens with two attached hydrogens (primary N) is 1. The zero-order valence-corrected chi connectivity index (χ0v) is 10.1. The summed E-state index contributed by atoms with van der Waals surface area (Å²) < 4.78 is 0. The first-order valence-corrected chi connectivity index (χ1v) is 5.78. The van der Waals surface area contributed by atoms with E-state index in [1.807, 2.05) is 13.8 Å². The summed E-state index contributed by atoms with van der Waals surface area (Å²) >= 11 is 1.69. The molecule has 0 bridgehead atoms. The van der Waals surface area contributed by atoms with Crippen molar-refractivity contribution in [2.75, 3.05) is 6.54 Å². The van der Waals surface area contributed by atoms with Gasteiger partial charge in [0.05, 0.1) is 10.7 Å². The second-order valence-corrected chi connectivity index (χ2v) is 4.81. The molecular formula is C10H17N3OS. The van der Waals surface area contributed by atoms with Gasteiger partial charge in [0, 0.05) is 23.9 Å². The van der Waals surface area contributed by atoms with E-state index in [1.54, 1.807) is 11.3 Å². The molecular weight excluding hydrogens is 210 g/mol. The summed E-state index contributed by atoms with van der Waals surface area (Å²) in [5, 5.41) is 4.33. The van der Waals surface area contributed by atoms with Crippen LogP contribution in [0.4, 0.5) is 0 Å². The minimum absolute atomic E-state index is 0.232. The Kier molecular flexibility index (Phi) is 4.23. The summed E-state index contributed by atoms with van der Waals surface area (Å²) in [7, 11) is 0. The van der Waals surface area contributed by atoms with E-state index in [-0.39, 0.29) is 11.9 Å². The first-order valence-electron chi connectivity index (χ1n) is 4.96. The second kappa shape index (κ2) is 5.23. The Morgan fingerprint density at radius 2 is 2.27 bits per heavy atom. The fourth-order valence-corrected chi connectivity index (χ4v) is 2.41. The number of carbonyl (C=O) groups is 1. The molecule has 0 fully saturated rings. The third kappa shape index (κ3) is 3.60. The lowest BCUT2D eigenvalue weighted by Gasteiger charge is -2.11. The highest BCUT2D eigenvalue weighted by molar-refractivity contribution is 7.11. The van der Waals surface area contributed by atoms with Crippen molar-refractivity contribution >= 4 is 17.2 Å². The molecule has 0 aliphatic carbocycles. The summed E-state index contributed by atoms with van der Waals surface area (Å²) in [5.41, 5.74) is 6.13. The van der Waals surface area contributed by atoms with Crippen LogP contribution in [0.3, 0.4) is 0 Å². The number of amides is 1. The lowest BCUT2D eigenvalue weighted by atomic mass is 10.2. The van der Waals surface area contributed by atoms with Crippen LogP contribution < -0.4 is 11.1 Å². The van der Waals surface area contributed by atoms with Gasteiger partial charge in [-0.15, -0.1) is 11.3 Å². The van der Waals surface area contributed by atoms with Gasteiger partial charge in [-0.05, 0) is 20.8 Å². The predicted molar refractivity (Wildman–Crippen MR) is 61.8 cm³/mol. The number of primary amides is 1. The highest BCUT2D eigenvalue weighted by Crippen LogP contribution is 2.24. The van der Waals surface area contributed by atoms with Gasteiger partial charge in [-0.25, -0.2) is 4.98 Å². The number of nitrogens with one attached hydrogen (secondary N) is 1. The van der Waals surface area contributed by atoms with Crippen molar-refractivity contribution in [2.24, 2.45) is 5.73 Å². The van der Waals surface area contributed by atoms with Crippen LogP contribution in [0.5, 0.6) is 0 Å². The number of aryl methyl sites for hydroxylation is 2. The Balaban J connectivity index is 2.50. The van der Waals surface area contributed by atoms with Crippen molar-refractivity contribution < 1.29 is 4.79 Å². The van der Waals surface area contributed by atoms with Crippen molar-refractivity contribution in [1.29, 1.82) is 0 Å². The van der Waals surface area contributed by atoms with E-state index in [4.69, 9.17) is 5.73 Å². The number of hydrogen-bond acceptors (Lipinski definition) is 4. The molecule has 84 valence electrons. The Hall–Kier alpha value is -0.940. The van der Waals surface area contributed by atoms with Crippen LogP contribution in [0, 0.1) is 13.8 Å². The molecule has 1 amide bonds. The Morgan fingerprint density at radius 3 is 2.73 bits per heavy atom. The van der Waals surface area contributed by atoms with Gasteiger partial charge in [0.15, 0.2) is 0 Å². The average Bonchev–Trinajstić information content (AvgIpc) is 2.44. The predicted octanol–water partition coefficient (Wildman–Crippen LogP) is 1.29. The van der Waals surface area contributed by atoms with Gasteiger partial charge >= 0.3 is 0 Å². The molecule has 0 radical (unpaired) electrons. The van der Waals surface area contributed by atoms with Crippen molar-refractivity contribution in [3.8, 4) is 0 Å². The van der Waals surface area contributed by atoms with Crippen LogP contribution in [-0.4, -0.2) is 17.4 Å². The number of nitrogens with zero attached hydrogens (tertiary/aromatic N) is 1. The van der Waals surface area contributed by atoms with E-state index in [9.17, 15) is 4.79 Å². The molecule has 15 heavy (non-hydrogen) atoms. The third-order valence-electron chi connectivity index (χ3n) is 2.15. The molecule has 0 spiro atoms. The maximum atomic E-state index is 10.6. The minimum Gasteiger partial charge on any atom is -0.370 e. The van der Waals surface area contributed by atoms with Crippen molar-refractivity contribution in [3.05, 3.63) is 15.6 Å². The number of thiazole rings is 1. The largest absolute Gasteiger partial charge is 0.370 e. The molecule has 4 nitrogen and oxygen atoms in total. The number of hydrogen-bond donors (Lipinski definition) is 2. The summed E-state index contributed by atoms with van der Waals surface area (Å²) in [4.78, 5) is 16.2. The van der Waals surface area contributed by atoms with Crippen LogP contribution in [0.25, 0.3) is 0 Å². The maximum absolute atomic E-state index is 10.6. The molecule has 1 aromatic rings. The van der Waals surface area contributed by atoms with E-state index in [1.165, 1.54) is 4.88 Å².